The van der Waals surface area contributed by atoms with Gasteiger partial charge in [-0.2, -0.15) is 5.10 Å². The molecule has 0 saturated heterocycles. The molecule has 0 aliphatic rings. The molecule has 96 valence electrons. The van der Waals surface area contributed by atoms with E-state index in [1.807, 2.05) is 32.2 Å². The lowest BCUT2D eigenvalue weighted by Gasteiger charge is -2.10. The first-order chi connectivity index (χ1) is 8.58. The van der Waals surface area contributed by atoms with Crippen LogP contribution in [0.3, 0.4) is 0 Å². The van der Waals surface area contributed by atoms with Crippen molar-refractivity contribution in [1.29, 1.82) is 0 Å². The minimum atomic E-state index is 0.598. The number of nitrogen functional groups attached to an aromatic ring is 1. The summed E-state index contributed by atoms with van der Waals surface area (Å²) in [5.41, 5.74) is 4.31. The van der Waals surface area contributed by atoms with Crippen LogP contribution in [-0.4, -0.2) is 38.7 Å². The highest BCUT2D eigenvalue weighted by Crippen LogP contribution is 2.18. The highest BCUT2D eigenvalue weighted by Gasteiger charge is 2.08. The molecule has 2 rings (SSSR count). The number of nitrogens with one attached hydrogen (secondary N) is 1. The molecular weight excluding hydrogens is 230 g/mol. The van der Waals surface area contributed by atoms with Crippen LogP contribution >= 0.6 is 0 Å². The first-order valence-electron chi connectivity index (χ1n) is 5.57. The topological polar surface area (TPSA) is 84.9 Å². The van der Waals surface area contributed by atoms with Gasteiger partial charge in [0.05, 0.1) is 18.4 Å². The highest BCUT2D eigenvalue weighted by atomic mass is 15.3. The van der Waals surface area contributed by atoms with Crippen molar-refractivity contribution in [2.45, 2.75) is 6.54 Å². The van der Waals surface area contributed by atoms with Crippen LogP contribution in [0.5, 0.6) is 0 Å². The van der Waals surface area contributed by atoms with Crippen molar-refractivity contribution in [2.75, 3.05) is 19.5 Å². The Balaban J connectivity index is 2.40. The predicted molar refractivity (Wildman–Crippen MR) is 69.4 cm³/mol. The van der Waals surface area contributed by atoms with Gasteiger partial charge in [0.1, 0.15) is 11.6 Å². The molecule has 0 aromatic carbocycles. The molecule has 0 radical (unpaired) electrons. The molecule has 3 N–H and O–H groups in total. The second kappa shape index (κ2) is 5.11. The minimum Gasteiger partial charge on any atom is -0.308 e. The molecule has 0 bridgehead atoms. The molecule has 0 unspecified atom stereocenters. The van der Waals surface area contributed by atoms with Crippen molar-refractivity contribution in [2.24, 2.45) is 12.9 Å². The van der Waals surface area contributed by atoms with E-state index < -0.39 is 0 Å². The van der Waals surface area contributed by atoms with Crippen LogP contribution in [0, 0.1) is 0 Å². The molecule has 0 atom stereocenters. The summed E-state index contributed by atoms with van der Waals surface area (Å²) in [6.45, 7) is 0.656. The zero-order valence-corrected chi connectivity index (χ0v) is 10.8. The van der Waals surface area contributed by atoms with Crippen molar-refractivity contribution >= 4 is 5.82 Å². The zero-order valence-electron chi connectivity index (χ0n) is 10.8. The molecule has 7 nitrogen and oxygen atoms in total. The second-order valence-electron chi connectivity index (χ2n) is 4.34. The first-order valence-corrected chi connectivity index (χ1v) is 5.57. The number of nitrogens with zero attached hydrogens (tertiary/aromatic N) is 5. The van der Waals surface area contributed by atoms with Crippen LogP contribution in [0.25, 0.3) is 11.3 Å². The average Bonchev–Trinajstić information content (AvgIpc) is 2.74. The van der Waals surface area contributed by atoms with Gasteiger partial charge in [-0.25, -0.2) is 15.8 Å². The number of rotatable bonds is 4. The van der Waals surface area contributed by atoms with Crippen LogP contribution < -0.4 is 11.3 Å². The summed E-state index contributed by atoms with van der Waals surface area (Å²) >= 11 is 0. The molecule has 0 amide bonds. The number of hydrogen-bond acceptors (Lipinski definition) is 6. The van der Waals surface area contributed by atoms with Crippen molar-refractivity contribution in [3.8, 4) is 11.3 Å². The maximum Gasteiger partial charge on any atom is 0.145 e. The molecule has 18 heavy (non-hydrogen) atoms. The number of hydrogen-bond donors (Lipinski definition) is 2. The van der Waals surface area contributed by atoms with Crippen molar-refractivity contribution in [1.82, 2.24) is 24.6 Å². The Kier molecular flexibility index (Phi) is 3.54. The molecule has 0 spiro atoms. The summed E-state index contributed by atoms with van der Waals surface area (Å²) < 4.78 is 1.73. The molecule has 2 heterocycles. The van der Waals surface area contributed by atoms with Gasteiger partial charge < -0.3 is 10.3 Å². The van der Waals surface area contributed by atoms with Gasteiger partial charge in [0.25, 0.3) is 0 Å². The van der Waals surface area contributed by atoms with E-state index in [1.165, 1.54) is 0 Å². The summed E-state index contributed by atoms with van der Waals surface area (Å²) in [5.74, 6) is 6.74. The first kappa shape index (κ1) is 12.5. The summed E-state index contributed by atoms with van der Waals surface area (Å²) in [7, 11) is 5.80. The normalized spacial score (nSPS) is 10.9. The number of aryl methyl sites for hydroxylation is 1. The van der Waals surface area contributed by atoms with Crippen molar-refractivity contribution < 1.29 is 0 Å². The smallest absolute Gasteiger partial charge is 0.145 e. The van der Waals surface area contributed by atoms with Gasteiger partial charge in [0.2, 0.25) is 0 Å². The Morgan fingerprint density at radius 3 is 2.72 bits per heavy atom. The Hall–Kier alpha value is -1.99. The molecule has 7 heteroatoms. The van der Waals surface area contributed by atoms with Gasteiger partial charge in [-0.05, 0) is 14.1 Å². The summed E-state index contributed by atoms with van der Waals surface area (Å²) in [5, 5.41) is 4.13. The van der Waals surface area contributed by atoms with E-state index in [-0.39, 0.29) is 0 Å². The van der Waals surface area contributed by atoms with Crippen molar-refractivity contribution in [3.63, 3.8) is 0 Å². The molecule has 0 aliphatic carbocycles. The largest absolute Gasteiger partial charge is 0.308 e. The van der Waals surface area contributed by atoms with Crippen molar-refractivity contribution in [3.05, 3.63) is 24.3 Å². The Labute approximate surface area is 106 Å². The maximum absolute atomic E-state index is 5.43. The number of anilines is 1. The number of hydrazine groups is 1. The fourth-order valence-electron chi connectivity index (χ4n) is 1.63. The van der Waals surface area contributed by atoms with E-state index in [9.17, 15) is 0 Å². The van der Waals surface area contributed by atoms with Gasteiger partial charge in [-0.1, -0.05) is 0 Å². The predicted octanol–water partition coefficient (Wildman–Crippen LogP) is 0.224. The third-order valence-corrected chi connectivity index (χ3v) is 2.38. The van der Waals surface area contributed by atoms with E-state index in [2.05, 4.69) is 20.5 Å². The number of aromatic nitrogens is 4. The summed E-state index contributed by atoms with van der Waals surface area (Å²) in [4.78, 5) is 10.8. The van der Waals surface area contributed by atoms with E-state index >= 15 is 0 Å². The second-order valence-corrected chi connectivity index (χ2v) is 4.34. The van der Waals surface area contributed by atoms with Crippen LogP contribution in [-0.2, 0) is 13.6 Å². The van der Waals surface area contributed by atoms with Gasteiger partial charge in [-0.3, -0.25) is 4.68 Å². The fraction of sp³-hybridized carbons (Fsp3) is 0.364. The zero-order chi connectivity index (χ0) is 13.1. The molecule has 0 aliphatic heterocycles. The molecular formula is C11H17N7. The van der Waals surface area contributed by atoms with Gasteiger partial charge >= 0.3 is 0 Å². The SMILES string of the molecule is CN(C)Cc1nc(NN)cc(-c2cnn(C)c2)n1. The Morgan fingerprint density at radius 2 is 2.17 bits per heavy atom. The molecule has 2 aromatic heterocycles. The lowest BCUT2D eigenvalue weighted by Crippen LogP contribution is -2.16. The third kappa shape index (κ3) is 2.82. The Bertz CT molecular complexity index is 532. The quantitative estimate of drug-likeness (QED) is 0.594. The highest BCUT2D eigenvalue weighted by molar-refractivity contribution is 5.60. The minimum absolute atomic E-state index is 0.598. The average molecular weight is 247 g/mol. The Morgan fingerprint density at radius 1 is 1.39 bits per heavy atom. The van der Waals surface area contributed by atoms with E-state index in [0.29, 0.717) is 18.2 Å². The van der Waals surface area contributed by atoms with E-state index in [0.717, 1.165) is 11.3 Å². The van der Waals surface area contributed by atoms with Gasteiger partial charge in [0, 0.05) is 24.9 Å². The summed E-state index contributed by atoms with van der Waals surface area (Å²) in [6.07, 6.45) is 3.67. The lowest BCUT2D eigenvalue weighted by atomic mass is 10.2. The van der Waals surface area contributed by atoms with E-state index in [4.69, 9.17) is 5.84 Å². The van der Waals surface area contributed by atoms with Crippen LogP contribution in [0.4, 0.5) is 5.82 Å². The summed E-state index contributed by atoms with van der Waals surface area (Å²) in [6, 6.07) is 1.80. The number of nitrogens with two attached hydrogens (primary N) is 1. The van der Waals surface area contributed by atoms with E-state index in [1.54, 1.807) is 16.9 Å². The van der Waals surface area contributed by atoms with Gasteiger partial charge in [-0.15, -0.1) is 0 Å². The standard InChI is InChI=1S/C11H17N7/c1-17(2)7-11-14-9(4-10(15-11)16-12)8-5-13-18(3)6-8/h4-6H,7,12H2,1-3H3,(H,14,15,16). The fourth-order valence-corrected chi connectivity index (χ4v) is 1.63. The van der Waals surface area contributed by atoms with Gasteiger partial charge in [0.15, 0.2) is 0 Å². The molecule has 2 aromatic rings. The monoisotopic (exact) mass is 247 g/mol. The molecule has 0 fully saturated rings. The van der Waals surface area contributed by atoms with Crippen LogP contribution in [0.15, 0.2) is 18.5 Å². The molecule has 0 saturated carbocycles. The van der Waals surface area contributed by atoms with Crippen LogP contribution in [0.1, 0.15) is 5.82 Å². The lowest BCUT2D eigenvalue weighted by molar-refractivity contribution is 0.391. The maximum atomic E-state index is 5.43. The van der Waals surface area contributed by atoms with Crippen LogP contribution in [0.2, 0.25) is 0 Å². The third-order valence-electron chi connectivity index (χ3n) is 2.38.